The number of hydrogen-bond donors (Lipinski definition) is 1. The number of aliphatic hydroxyl groups is 1. The third-order valence-corrected chi connectivity index (χ3v) is 9.40. The van der Waals surface area contributed by atoms with Crippen molar-refractivity contribution in [1.82, 2.24) is 14.9 Å². The zero-order chi connectivity index (χ0) is 28.3. The van der Waals surface area contributed by atoms with Gasteiger partial charge in [-0.15, -0.1) is 11.3 Å². The monoisotopic (exact) mass is 571 g/mol. The van der Waals surface area contributed by atoms with Gasteiger partial charge >= 0.3 is 6.18 Å². The molecule has 1 saturated carbocycles. The summed E-state index contributed by atoms with van der Waals surface area (Å²) in [5.74, 6) is 0.253. The highest BCUT2D eigenvalue weighted by Gasteiger charge is 2.39. The summed E-state index contributed by atoms with van der Waals surface area (Å²) in [6, 6.07) is 8.21. The second-order valence-corrected chi connectivity index (χ2v) is 12.0. The van der Waals surface area contributed by atoms with Crippen LogP contribution in [0.25, 0.3) is 10.4 Å². The molecule has 212 valence electrons. The number of hydrogen-bond acceptors (Lipinski definition) is 6. The Morgan fingerprint density at radius 3 is 2.58 bits per heavy atom. The van der Waals surface area contributed by atoms with Crippen LogP contribution < -0.4 is 0 Å². The fraction of sp³-hybridized carbons (Fsp3) is 0.467. The minimum atomic E-state index is -4.52. The first-order valence-corrected chi connectivity index (χ1v) is 14.5. The van der Waals surface area contributed by atoms with Gasteiger partial charge in [-0.2, -0.15) is 13.2 Å². The minimum Gasteiger partial charge on any atom is -0.383 e. The molecule has 1 atom stereocenters. The van der Waals surface area contributed by atoms with Gasteiger partial charge < -0.3 is 10.0 Å². The number of amides is 1. The summed E-state index contributed by atoms with van der Waals surface area (Å²) in [5, 5.41) is 12.1. The van der Waals surface area contributed by atoms with Crippen molar-refractivity contribution < 1.29 is 27.9 Å². The number of benzene rings is 1. The van der Waals surface area contributed by atoms with Crippen LogP contribution >= 0.6 is 11.3 Å². The van der Waals surface area contributed by atoms with Gasteiger partial charge in [0.2, 0.25) is 5.91 Å². The van der Waals surface area contributed by atoms with Crippen LogP contribution in [0.2, 0.25) is 0 Å². The molecule has 2 aromatic heterocycles. The number of likely N-dealkylation sites (tertiary alicyclic amines) is 1. The van der Waals surface area contributed by atoms with Crippen LogP contribution in [0.4, 0.5) is 13.2 Å². The van der Waals surface area contributed by atoms with Gasteiger partial charge in [0.1, 0.15) is 10.6 Å². The molecule has 3 aromatic rings. The molecule has 5 rings (SSSR count). The number of pyridine rings is 1. The molecule has 1 aliphatic carbocycles. The Kier molecular flexibility index (Phi) is 8.37. The maximum atomic E-state index is 12.9. The molecule has 10 heteroatoms. The molecule has 3 heterocycles. The van der Waals surface area contributed by atoms with Crippen LogP contribution in [0.15, 0.2) is 55.0 Å². The lowest BCUT2D eigenvalue weighted by Gasteiger charge is -2.35. The molecule has 0 bridgehead atoms. The van der Waals surface area contributed by atoms with E-state index in [4.69, 9.17) is 0 Å². The first kappa shape index (κ1) is 28.4. The van der Waals surface area contributed by atoms with Crippen molar-refractivity contribution in [2.75, 3.05) is 13.1 Å². The number of Topliss-reactive ketones (excluding diaryl/α,β-unsaturated/α-hetero) is 1. The van der Waals surface area contributed by atoms with Gasteiger partial charge in [-0.1, -0.05) is 18.2 Å². The predicted octanol–water partition coefficient (Wildman–Crippen LogP) is 6.50. The number of ketones is 1. The van der Waals surface area contributed by atoms with Crippen molar-refractivity contribution in [3.63, 3.8) is 0 Å². The fourth-order valence-corrected chi connectivity index (χ4v) is 6.90. The fourth-order valence-electron chi connectivity index (χ4n) is 5.85. The number of carbonyl (C=O) groups excluding carboxylic acids is 2. The van der Waals surface area contributed by atoms with Crippen LogP contribution in [0, 0.1) is 11.8 Å². The van der Waals surface area contributed by atoms with E-state index in [-0.39, 0.29) is 24.3 Å². The van der Waals surface area contributed by atoms with Gasteiger partial charge in [0.15, 0.2) is 5.78 Å². The Labute approximate surface area is 235 Å². The van der Waals surface area contributed by atoms with Gasteiger partial charge in [0, 0.05) is 55.6 Å². The number of carbonyl (C=O) groups is 2. The van der Waals surface area contributed by atoms with Crippen LogP contribution in [-0.2, 0) is 16.6 Å². The summed E-state index contributed by atoms with van der Waals surface area (Å²) in [5.41, 5.74) is -0.811. The highest BCUT2D eigenvalue weighted by molar-refractivity contribution is 7.15. The molecule has 2 aliphatic rings. The highest BCUT2D eigenvalue weighted by Crippen LogP contribution is 2.44. The zero-order valence-electron chi connectivity index (χ0n) is 22.1. The SMILES string of the molecule is O=C(CCC(=O)N1CC[C@H](CC2CCC(O)(c3ncc(-c4cccnc4)s3)CC2)C1)c1cccc(C(F)(F)F)c1. The molecule has 1 saturated heterocycles. The topological polar surface area (TPSA) is 83.4 Å². The first-order chi connectivity index (χ1) is 19.1. The molecule has 1 aromatic carbocycles. The molecule has 0 radical (unpaired) electrons. The molecule has 1 aliphatic heterocycles. The molecule has 0 unspecified atom stereocenters. The van der Waals surface area contributed by atoms with Crippen molar-refractivity contribution in [2.45, 2.75) is 63.1 Å². The number of nitrogens with zero attached hydrogens (tertiary/aromatic N) is 3. The summed E-state index contributed by atoms with van der Waals surface area (Å²) in [7, 11) is 0. The van der Waals surface area contributed by atoms with E-state index < -0.39 is 23.1 Å². The van der Waals surface area contributed by atoms with Gasteiger partial charge in [0.25, 0.3) is 0 Å². The Morgan fingerprint density at radius 1 is 1.05 bits per heavy atom. The van der Waals surface area contributed by atoms with E-state index in [1.165, 1.54) is 23.5 Å². The Morgan fingerprint density at radius 2 is 1.85 bits per heavy atom. The largest absolute Gasteiger partial charge is 0.416 e. The van der Waals surface area contributed by atoms with Gasteiger partial charge in [0.05, 0.1) is 10.4 Å². The minimum absolute atomic E-state index is 0.00684. The molecule has 0 spiro atoms. The highest BCUT2D eigenvalue weighted by atomic mass is 32.1. The number of rotatable bonds is 8. The molecular formula is C30H32F3N3O3S. The van der Waals surface area contributed by atoms with Crippen molar-refractivity contribution in [3.8, 4) is 10.4 Å². The standard InChI is InChI=1S/C30H32F3N3O3S/c31-30(32,33)24-5-1-3-22(16-24)25(37)6-7-27(38)36-14-10-21(19-36)15-20-8-11-29(39,12-9-20)28-35-18-26(40-28)23-4-2-13-34-17-23/h1-5,13,16-18,20-21,39H,6-12,14-15,19H2/t20?,21-,29?/m1/s1. The lowest BCUT2D eigenvalue weighted by atomic mass is 9.75. The second-order valence-electron chi connectivity index (χ2n) is 11.0. The maximum Gasteiger partial charge on any atom is 0.416 e. The number of aromatic nitrogens is 2. The smallest absolute Gasteiger partial charge is 0.383 e. The lowest BCUT2D eigenvalue weighted by molar-refractivity contribution is -0.137. The van der Waals surface area contributed by atoms with E-state index in [9.17, 15) is 27.9 Å². The van der Waals surface area contributed by atoms with Gasteiger partial charge in [-0.3, -0.25) is 14.6 Å². The molecule has 1 amide bonds. The number of halogens is 3. The van der Waals surface area contributed by atoms with Gasteiger partial charge in [-0.05, 0) is 68.6 Å². The predicted molar refractivity (Wildman–Crippen MR) is 146 cm³/mol. The third-order valence-electron chi connectivity index (χ3n) is 8.17. The Balaban J connectivity index is 1.07. The van der Waals surface area contributed by atoms with Crippen molar-refractivity contribution in [3.05, 3.63) is 71.1 Å². The normalized spacial score (nSPS) is 23.4. The second kappa shape index (κ2) is 11.8. The summed E-state index contributed by atoms with van der Waals surface area (Å²) in [4.78, 5) is 36.6. The average Bonchev–Trinajstić information content (AvgIpc) is 3.64. The van der Waals surface area contributed by atoms with E-state index >= 15 is 0 Å². The molecule has 2 fully saturated rings. The molecule has 40 heavy (non-hydrogen) atoms. The van der Waals surface area contributed by atoms with E-state index in [1.54, 1.807) is 23.5 Å². The van der Waals surface area contributed by atoms with Crippen LogP contribution in [-0.4, -0.2) is 44.8 Å². The van der Waals surface area contributed by atoms with Crippen LogP contribution in [0.3, 0.4) is 0 Å². The number of thiazole rings is 1. The molecular weight excluding hydrogens is 539 g/mol. The van der Waals surface area contributed by atoms with Crippen LogP contribution in [0.5, 0.6) is 0 Å². The maximum absolute atomic E-state index is 12.9. The summed E-state index contributed by atoms with van der Waals surface area (Å²) in [6.07, 6.45) is 5.69. The zero-order valence-corrected chi connectivity index (χ0v) is 22.9. The first-order valence-electron chi connectivity index (χ1n) is 13.7. The molecule has 1 N–H and O–H groups in total. The summed E-state index contributed by atoms with van der Waals surface area (Å²) < 4.78 is 38.8. The van der Waals surface area contributed by atoms with E-state index in [2.05, 4.69) is 9.97 Å². The average molecular weight is 572 g/mol. The quantitative estimate of drug-likeness (QED) is 0.312. The number of alkyl halides is 3. The lowest BCUT2D eigenvalue weighted by Crippen LogP contribution is -2.32. The van der Waals surface area contributed by atoms with E-state index in [1.807, 2.05) is 12.1 Å². The van der Waals surface area contributed by atoms with E-state index in [0.29, 0.717) is 37.8 Å². The van der Waals surface area contributed by atoms with Crippen molar-refractivity contribution in [2.24, 2.45) is 11.8 Å². The van der Waals surface area contributed by atoms with Crippen molar-refractivity contribution >= 4 is 23.0 Å². The molecule has 6 nitrogen and oxygen atoms in total. The summed E-state index contributed by atoms with van der Waals surface area (Å²) >= 11 is 1.52. The Bertz CT molecular complexity index is 1340. The van der Waals surface area contributed by atoms with Crippen molar-refractivity contribution in [1.29, 1.82) is 0 Å². The Hall–Kier alpha value is -3.11. The van der Waals surface area contributed by atoms with Crippen LogP contribution in [0.1, 0.15) is 72.3 Å². The van der Waals surface area contributed by atoms with Gasteiger partial charge in [-0.25, -0.2) is 4.98 Å². The summed E-state index contributed by atoms with van der Waals surface area (Å²) in [6.45, 7) is 1.27. The third kappa shape index (κ3) is 6.61. The van der Waals surface area contributed by atoms with E-state index in [0.717, 1.165) is 53.3 Å².